The second kappa shape index (κ2) is 3.19. The normalized spacial score (nSPS) is 23.9. The molecule has 0 aromatic carbocycles. The van der Waals surface area contributed by atoms with E-state index in [1.807, 2.05) is 0 Å². The molecule has 0 fully saturated rings. The molecule has 0 atom stereocenters. The third-order valence-electron chi connectivity index (χ3n) is 1.93. The van der Waals surface area contributed by atoms with E-state index in [0.29, 0.717) is 0 Å². The lowest BCUT2D eigenvalue weighted by atomic mass is 9.94. The summed E-state index contributed by atoms with van der Waals surface area (Å²) in [6, 6.07) is -3.25. The van der Waals surface area contributed by atoms with Gasteiger partial charge in [-0.25, -0.2) is 0 Å². The first kappa shape index (κ1) is 13.9. The van der Waals surface area contributed by atoms with E-state index < -0.39 is 35.7 Å². The van der Waals surface area contributed by atoms with E-state index in [2.05, 4.69) is 4.74 Å². The molecule has 1 aliphatic heterocycles. The molecule has 11 heteroatoms. The molecular weight excluding hydrogens is 278 g/mol. The molecular formula is C6F10O. The lowest BCUT2D eigenvalue weighted by Crippen LogP contribution is -2.66. The van der Waals surface area contributed by atoms with Crippen LogP contribution in [0.5, 0.6) is 0 Å². The van der Waals surface area contributed by atoms with Crippen LogP contribution in [-0.4, -0.2) is 23.9 Å². The number of hydrogen-bond acceptors (Lipinski definition) is 1. The fraction of sp³-hybridized carbons (Fsp3) is 0.667. The molecule has 0 aliphatic carbocycles. The average molecular weight is 278 g/mol. The van der Waals surface area contributed by atoms with Gasteiger partial charge in [0.15, 0.2) is 0 Å². The Bertz CT molecular complexity index is 346. The minimum absolute atomic E-state index is 2.44. The van der Waals surface area contributed by atoms with Gasteiger partial charge < -0.3 is 4.74 Å². The van der Waals surface area contributed by atoms with Gasteiger partial charge >= 0.3 is 29.9 Å². The molecule has 0 saturated carbocycles. The Hall–Kier alpha value is -1.16. The largest absolute Gasteiger partial charge is 0.444 e. The molecule has 1 aliphatic rings. The van der Waals surface area contributed by atoms with Gasteiger partial charge in [0.1, 0.15) is 0 Å². The predicted molar refractivity (Wildman–Crippen MR) is 30.1 cm³/mol. The molecule has 0 bridgehead atoms. The molecule has 0 aromatic heterocycles. The third-order valence-corrected chi connectivity index (χ3v) is 1.93. The summed E-state index contributed by atoms with van der Waals surface area (Å²) < 4.78 is 125. The van der Waals surface area contributed by atoms with E-state index in [9.17, 15) is 43.9 Å². The van der Waals surface area contributed by atoms with Crippen LogP contribution >= 0.6 is 0 Å². The van der Waals surface area contributed by atoms with Crippen LogP contribution < -0.4 is 0 Å². The van der Waals surface area contributed by atoms with Crippen molar-refractivity contribution >= 4 is 0 Å². The minimum atomic E-state index is -6.76. The maximum absolute atomic E-state index is 12.7. The monoisotopic (exact) mass is 278 g/mol. The van der Waals surface area contributed by atoms with Crippen LogP contribution in [0.2, 0.25) is 0 Å². The zero-order chi connectivity index (χ0) is 13.9. The molecule has 1 rings (SSSR count). The number of rotatable bonds is 0. The maximum Gasteiger partial charge on any atom is 0.444 e. The average Bonchev–Trinajstić information content (AvgIpc) is 2.24. The zero-order valence-corrected chi connectivity index (χ0v) is 7.19. The third kappa shape index (κ3) is 1.47. The maximum atomic E-state index is 12.7. The molecule has 0 amide bonds. The fourth-order valence-corrected chi connectivity index (χ4v) is 1.15. The van der Waals surface area contributed by atoms with Crippen molar-refractivity contribution < 1.29 is 48.6 Å². The topological polar surface area (TPSA) is 9.23 Å². The molecule has 0 saturated heterocycles. The quantitative estimate of drug-likeness (QED) is 0.615. The van der Waals surface area contributed by atoms with E-state index in [4.69, 9.17) is 0 Å². The van der Waals surface area contributed by atoms with Gasteiger partial charge in [-0.15, -0.1) is 0 Å². The minimum Gasteiger partial charge on any atom is -0.437 e. The van der Waals surface area contributed by atoms with Crippen molar-refractivity contribution in [3.63, 3.8) is 0 Å². The second-order valence-electron chi connectivity index (χ2n) is 2.94. The van der Waals surface area contributed by atoms with Gasteiger partial charge in [0.25, 0.3) is 0 Å². The Labute approximate surface area is 85.6 Å². The summed E-state index contributed by atoms with van der Waals surface area (Å²) in [5, 5.41) is 0. The first-order valence-corrected chi connectivity index (χ1v) is 3.55. The zero-order valence-electron chi connectivity index (χ0n) is 7.19. The van der Waals surface area contributed by atoms with Gasteiger partial charge in [-0.2, -0.15) is 43.9 Å². The van der Waals surface area contributed by atoms with Crippen LogP contribution in [0.1, 0.15) is 0 Å². The molecule has 0 radical (unpaired) electrons. The highest BCUT2D eigenvalue weighted by Crippen LogP contribution is 2.61. The van der Waals surface area contributed by atoms with Gasteiger partial charge in [-0.3, -0.25) is 0 Å². The van der Waals surface area contributed by atoms with E-state index in [0.717, 1.165) is 0 Å². The van der Waals surface area contributed by atoms with Crippen LogP contribution in [0.3, 0.4) is 0 Å². The van der Waals surface area contributed by atoms with Crippen LogP contribution in [0.25, 0.3) is 0 Å². The van der Waals surface area contributed by atoms with Crippen molar-refractivity contribution in [3.8, 4) is 0 Å². The van der Waals surface area contributed by atoms with Gasteiger partial charge in [0, 0.05) is 0 Å². The molecule has 1 nitrogen and oxygen atoms in total. The van der Waals surface area contributed by atoms with Crippen molar-refractivity contribution in [1.82, 2.24) is 0 Å². The molecule has 0 N–H and O–H groups in total. The van der Waals surface area contributed by atoms with Gasteiger partial charge in [-0.1, -0.05) is 0 Å². The van der Waals surface area contributed by atoms with Crippen LogP contribution in [0.4, 0.5) is 43.9 Å². The SMILES string of the molecule is FC1=C(F)C(F)(F)C(C(F)(F)F)(C(F)(F)F)O1. The Kier molecular flexibility index (Phi) is 2.61. The Morgan fingerprint density at radius 1 is 0.824 bits per heavy atom. The summed E-state index contributed by atoms with van der Waals surface area (Å²) in [6.45, 7) is 0. The smallest absolute Gasteiger partial charge is 0.437 e. The lowest BCUT2D eigenvalue weighted by molar-refractivity contribution is -0.411. The van der Waals surface area contributed by atoms with Crippen LogP contribution in [0.15, 0.2) is 11.8 Å². The van der Waals surface area contributed by atoms with Crippen molar-refractivity contribution in [3.05, 3.63) is 11.8 Å². The highest BCUT2D eigenvalue weighted by atomic mass is 19.4. The Morgan fingerprint density at radius 3 is 1.29 bits per heavy atom. The van der Waals surface area contributed by atoms with Crippen molar-refractivity contribution in [2.75, 3.05) is 0 Å². The molecule has 17 heavy (non-hydrogen) atoms. The number of hydrogen-bond donors (Lipinski definition) is 0. The summed E-state index contributed by atoms with van der Waals surface area (Å²) in [5.74, 6) is -9.78. The van der Waals surface area contributed by atoms with Gasteiger partial charge in [-0.05, 0) is 0 Å². The molecule has 100 valence electrons. The van der Waals surface area contributed by atoms with E-state index in [1.54, 1.807) is 0 Å². The van der Waals surface area contributed by atoms with Crippen LogP contribution in [0, 0.1) is 0 Å². The molecule has 1 heterocycles. The summed E-state index contributed by atoms with van der Waals surface area (Å²) in [4.78, 5) is 0. The molecule has 0 unspecified atom stereocenters. The summed E-state index contributed by atoms with van der Waals surface area (Å²) in [6.07, 6.45) is -13.5. The predicted octanol–water partition coefficient (Wildman–Crippen LogP) is 3.62. The molecule has 0 spiro atoms. The van der Waals surface area contributed by atoms with Gasteiger partial charge in [0.2, 0.25) is 5.83 Å². The molecule has 0 aromatic rings. The summed E-state index contributed by atoms with van der Waals surface area (Å²) in [7, 11) is 0. The summed E-state index contributed by atoms with van der Waals surface area (Å²) >= 11 is 0. The van der Waals surface area contributed by atoms with Crippen molar-refractivity contribution in [2.45, 2.75) is 23.9 Å². The van der Waals surface area contributed by atoms with Crippen LogP contribution in [-0.2, 0) is 4.74 Å². The van der Waals surface area contributed by atoms with E-state index in [1.165, 1.54) is 0 Å². The van der Waals surface area contributed by atoms with Crippen molar-refractivity contribution in [2.24, 2.45) is 0 Å². The van der Waals surface area contributed by atoms with Crippen molar-refractivity contribution in [1.29, 1.82) is 0 Å². The fourth-order valence-electron chi connectivity index (χ4n) is 1.15. The number of alkyl halides is 8. The van der Waals surface area contributed by atoms with E-state index >= 15 is 0 Å². The summed E-state index contributed by atoms with van der Waals surface area (Å²) in [5.41, 5.74) is -6.25. The van der Waals surface area contributed by atoms with E-state index in [-0.39, 0.29) is 0 Å². The Morgan fingerprint density at radius 2 is 1.18 bits per heavy atom. The number of halogens is 10. The Balaban J connectivity index is 3.53. The van der Waals surface area contributed by atoms with Gasteiger partial charge in [0.05, 0.1) is 0 Å². The highest BCUT2D eigenvalue weighted by Gasteiger charge is 2.90. The first-order chi connectivity index (χ1) is 7.29. The standard InChI is InChI=1S/C6F10O/c7-1-2(8)17-4(3(1,9)10,5(11,12)13)6(14,15)16. The first-order valence-electron chi connectivity index (χ1n) is 3.55. The number of ether oxygens (including phenoxy) is 1. The highest BCUT2D eigenvalue weighted by molar-refractivity contribution is 5.26. The second-order valence-corrected chi connectivity index (χ2v) is 2.94. The lowest BCUT2D eigenvalue weighted by Gasteiger charge is -2.35.